The van der Waals surface area contributed by atoms with Crippen molar-refractivity contribution in [3.05, 3.63) is 34.9 Å². The molecule has 20 heavy (non-hydrogen) atoms. The summed E-state index contributed by atoms with van der Waals surface area (Å²) in [7, 11) is -1.78. The minimum atomic E-state index is -3.29. The summed E-state index contributed by atoms with van der Waals surface area (Å²) in [6, 6.07) is 7.07. The van der Waals surface area contributed by atoms with Gasteiger partial charge in [0, 0.05) is 24.3 Å². The molecule has 2 N–H and O–H groups in total. The van der Waals surface area contributed by atoms with Crippen LogP contribution >= 0.6 is 23.8 Å². The Labute approximate surface area is 129 Å². The molecule has 1 aliphatic rings. The summed E-state index contributed by atoms with van der Waals surface area (Å²) in [5, 5.41) is -0.0494. The second-order valence-corrected chi connectivity index (χ2v) is 8.16. The zero-order chi connectivity index (χ0) is 15.1. The van der Waals surface area contributed by atoms with Crippen LogP contribution in [0.2, 0.25) is 5.02 Å². The number of sulfone groups is 1. The molecule has 0 unspecified atom stereocenters. The number of methoxy groups -OCH3 is 1. The van der Waals surface area contributed by atoms with Gasteiger partial charge < -0.3 is 10.5 Å². The predicted molar refractivity (Wildman–Crippen MR) is 83.9 cm³/mol. The minimum Gasteiger partial charge on any atom is -0.393 e. The van der Waals surface area contributed by atoms with E-state index in [4.69, 9.17) is 34.3 Å². The highest BCUT2D eigenvalue weighted by molar-refractivity contribution is 7.92. The molecule has 0 heterocycles. The van der Waals surface area contributed by atoms with Crippen LogP contribution in [0.1, 0.15) is 11.5 Å². The van der Waals surface area contributed by atoms with Gasteiger partial charge in [-0.05, 0) is 17.7 Å². The molecule has 0 spiro atoms. The van der Waals surface area contributed by atoms with E-state index in [1.165, 1.54) is 13.4 Å². The van der Waals surface area contributed by atoms with Crippen LogP contribution in [0.4, 0.5) is 0 Å². The highest BCUT2D eigenvalue weighted by Gasteiger charge is 2.71. The van der Waals surface area contributed by atoms with Gasteiger partial charge in [0.1, 0.15) is 0 Å². The zero-order valence-corrected chi connectivity index (χ0v) is 13.6. The summed E-state index contributed by atoms with van der Waals surface area (Å²) in [4.78, 5) is 0.176. The normalized spacial score (nSPS) is 29.1. The van der Waals surface area contributed by atoms with E-state index in [2.05, 4.69) is 0 Å². The standard InChI is InChI=1S/C13H16ClNO3S2/c1-18-7-13(12(15)19)10(11(13)20(2,16)17)8-3-5-9(14)6-4-8/h3-6,10-11H,7H2,1-2H3,(H2,15,19)/t10-,11-,13+/m1/s1. The monoisotopic (exact) mass is 333 g/mol. The Morgan fingerprint density at radius 1 is 1.45 bits per heavy atom. The van der Waals surface area contributed by atoms with Crippen molar-refractivity contribution < 1.29 is 13.2 Å². The van der Waals surface area contributed by atoms with Gasteiger partial charge >= 0.3 is 0 Å². The minimum absolute atomic E-state index is 0.176. The summed E-state index contributed by atoms with van der Waals surface area (Å²) >= 11 is 11.0. The van der Waals surface area contributed by atoms with Crippen LogP contribution in [0.15, 0.2) is 24.3 Å². The van der Waals surface area contributed by atoms with Gasteiger partial charge in [-0.25, -0.2) is 8.42 Å². The molecule has 1 aliphatic carbocycles. The molecular formula is C13H16ClNO3S2. The maximum absolute atomic E-state index is 12.0. The van der Waals surface area contributed by atoms with E-state index >= 15 is 0 Å². The van der Waals surface area contributed by atoms with Gasteiger partial charge in [-0.1, -0.05) is 36.0 Å². The first kappa shape index (κ1) is 15.7. The maximum Gasteiger partial charge on any atom is 0.152 e. The molecule has 0 bridgehead atoms. The highest BCUT2D eigenvalue weighted by Crippen LogP contribution is 2.63. The summed E-state index contributed by atoms with van der Waals surface area (Å²) in [5.74, 6) is -0.285. The van der Waals surface area contributed by atoms with Crippen molar-refractivity contribution >= 4 is 38.6 Å². The van der Waals surface area contributed by atoms with Gasteiger partial charge in [0.25, 0.3) is 0 Å². The first-order valence-electron chi connectivity index (χ1n) is 5.98. The van der Waals surface area contributed by atoms with Crippen molar-refractivity contribution in [2.75, 3.05) is 20.0 Å². The summed E-state index contributed by atoms with van der Waals surface area (Å²) in [5.41, 5.74) is 5.85. The third kappa shape index (κ3) is 2.45. The summed E-state index contributed by atoms with van der Waals surface area (Å²) < 4.78 is 29.3. The van der Waals surface area contributed by atoms with Crippen molar-refractivity contribution in [3.63, 3.8) is 0 Å². The van der Waals surface area contributed by atoms with Crippen LogP contribution in [-0.2, 0) is 14.6 Å². The first-order valence-corrected chi connectivity index (χ1v) is 8.72. The topological polar surface area (TPSA) is 69.4 Å². The van der Waals surface area contributed by atoms with Crippen LogP contribution in [0.25, 0.3) is 0 Å². The van der Waals surface area contributed by atoms with Gasteiger partial charge in [-0.15, -0.1) is 0 Å². The number of nitrogens with two attached hydrogens (primary N) is 1. The fraction of sp³-hybridized carbons (Fsp3) is 0.462. The number of hydrogen-bond acceptors (Lipinski definition) is 4. The molecule has 1 saturated carbocycles. The average molecular weight is 334 g/mol. The lowest BCUT2D eigenvalue weighted by Gasteiger charge is -2.15. The lowest BCUT2D eigenvalue weighted by Crippen LogP contribution is -2.32. The molecule has 1 fully saturated rings. The number of benzene rings is 1. The molecule has 1 aromatic carbocycles. The Balaban J connectivity index is 2.49. The Kier molecular flexibility index (Phi) is 4.12. The molecule has 1 aromatic rings. The quantitative estimate of drug-likeness (QED) is 0.832. The van der Waals surface area contributed by atoms with Crippen molar-refractivity contribution in [3.8, 4) is 0 Å². The van der Waals surface area contributed by atoms with Gasteiger partial charge in [-0.3, -0.25) is 0 Å². The van der Waals surface area contributed by atoms with Gasteiger partial charge in [0.05, 0.1) is 22.3 Å². The van der Waals surface area contributed by atoms with E-state index < -0.39 is 20.5 Å². The first-order chi connectivity index (χ1) is 9.25. The van der Waals surface area contributed by atoms with E-state index in [0.29, 0.717) is 5.02 Å². The molecule has 0 aromatic heterocycles. The highest BCUT2D eigenvalue weighted by atomic mass is 35.5. The Morgan fingerprint density at radius 2 is 2.00 bits per heavy atom. The van der Waals surface area contributed by atoms with Crippen molar-refractivity contribution in [2.45, 2.75) is 11.2 Å². The van der Waals surface area contributed by atoms with E-state index in [9.17, 15) is 8.42 Å². The van der Waals surface area contributed by atoms with E-state index in [0.717, 1.165) is 5.56 Å². The smallest absolute Gasteiger partial charge is 0.152 e. The fourth-order valence-electron chi connectivity index (χ4n) is 2.95. The number of rotatable bonds is 5. The number of thiocarbonyl (C=S) groups is 1. The summed E-state index contributed by atoms with van der Waals surface area (Å²) in [6.07, 6.45) is 1.20. The molecule has 7 heteroatoms. The largest absolute Gasteiger partial charge is 0.393 e. The van der Waals surface area contributed by atoms with Crippen molar-refractivity contribution in [1.82, 2.24) is 0 Å². The van der Waals surface area contributed by atoms with Crippen molar-refractivity contribution in [2.24, 2.45) is 11.1 Å². The molecule has 0 radical (unpaired) electrons. The lowest BCUT2D eigenvalue weighted by atomic mass is 10.00. The van der Waals surface area contributed by atoms with Gasteiger partial charge in [0.15, 0.2) is 9.84 Å². The van der Waals surface area contributed by atoms with Crippen LogP contribution in [0, 0.1) is 5.41 Å². The van der Waals surface area contributed by atoms with E-state index in [1.54, 1.807) is 24.3 Å². The predicted octanol–water partition coefficient (Wildman–Crippen LogP) is 1.77. The SMILES string of the molecule is COC[C@]1(C(N)=S)[C@H](c2ccc(Cl)cc2)[C@H]1S(C)(=O)=O. The number of ether oxygens (including phenoxy) is 1. The third-order valence-corrected chi connectivity index (χ3v) is 6.04. The molecular weight excluding hydrogens is 318 g/mol. The number of hydrogen-bond donors (Lipinski definition) is 1. The molecule has 0 saturated heterocycles. The third-order valence-electron chi connectivity index (χ3n) is 3.79. The van der Waals surface area contributed by atoms with Gasteiger partial charge in [-0.2, -0.15) is 0 Å². The number of halogens is 1. The Bertz CT molecular complexity index is 630. The van der Waals surface area contributed by atoms with Crippen LogP contribution in [0.5, 0.6) is 0 Å². The van der Waals surface area contributed by atoms with E-state index in [-0.39, 0.29) is 17.5 Å². The van der Waals surface area contributed by atoms with Gasteiger partial charge in [0.2, 0.25) is 0 Å². The molecule has 0 amide bonds. The molecule has 4 nitrogen and oxygen atoms in total. The van der Waals surface area contributed by atoms with Crippen LogP contribution in [-0.4, -0.2) is 38.6 Å². The second-order valence-electron chi connectivity index (χ2n) is 5.12. The van der Waals surface area contributed by atoms with Crippen molar-refractivity contribution in [1.29, 1.82) is 0 Å². The lowest BCUT2D eigenvalue weighted by molar-refractivity contribution is 0.166. The second kappa shape index (κ2) is 5.26. The molecule has 110 valence electrons. The van der Waals surface area contributed by atoms with Crippen LogP contribution in [0.3, 0.4) is 0 Å². The fourth-order valence-corrected chi connectivity index (χ4v) is 5.39. The average Bonchev–Trinajstić information content (AvgIpc) is 3.01. The molecule has 0 aliphatic heterocycles. The summed E-state index contributed by atoms with van der Waals surface area (Å²) in [6.45, 7) is 0.188. The Hall–Kier alpha value is -0.690. The van der Waals surface area contributed by atoms with Crippen LogP contribution < -0.4 is 5.73 Å². The molecule has 2 rings (SSSR count). The zero-order valence-electron chi connectivity index (χ0n) is 11.2. The molecule has 3 atom stereocenters. The Morgan fingerprint density at radius 3 is 2.40 bits per heavy atom. The van der Waals surface area contributed by atoms with E-state index in [1.807, 2.05) is 0 Å². The maximum atomic E-state index is 12.0.